The first kappa shape index (κ1) is 17.2. The SMILES string of the molecule is CCCNC1C(N(C)CC2CCN(C)CC2)CCC1(C)C. The Balaban J connectivity index is 1.89. The van der Waals surface area contributed by atoms with Crippen LogP contribution in [0.3, 0.4) is 0 Å². The van der Waals surface area contributed by atoms with Crippen LogP contribution in [-0.4, -0.2) is 62.2 Å². The first-order valence-electron chi connectivity index (χ1n) is 9.06. The molecule has 1 heterocycles. The number of likely N-dealkylation sites (N-methyl/N-ethyl adjacent to an activating group) is 1. The average molecular weight is 296 g/mol. The lowest BCUT2D eigenvalue weighted by atomic mass is 9.86. The molecular weight excluding hydrogens is 258 g/mol. The van der Waals surface area contributed by atoms with Gasteiger partial charge in [-0.3, -0.25) is 0 Å². The largest absolute Gasteiger partial charge is 0.312 e. The highest BCUT2D eigenvalue weighted by atomic mass is 15.2. The number of hydrogen-bond acceptors (Lipinski definition) is 3. The van der Waals surface area contributed by atoms with Crippen LogP contribution in [0.25, 0.3) is 0 Å². The molecule has 21 heavy (non-hydrogen) atoms. The highest BCUT2D eigenvalue weighted by molar-refractivity contribution is 5.00. The number of nitrogens with zero attached hydrogens (tertiary/aromatic N) is 2. The second kappa shape index (κ2) is 7.43. The van der Waals surface area contributed by atoms with Crippen molar-refractivity contribution in [3.63, 3.8) is 0 Å². The van der Waals surface area contributed by atoms with Crippen molar-refractivity contribution >= 4 is 0 Å². The maximum Gasteiger partial charge on any atom is 0.0274 e. The lowest BCUT2D eigenvalue weighted by molar-refractivity contribution is 0.124. The van der Waals surface area contributed by atoms with E-state index in [4.69, 9.17) is 0 Å². The summed E-state index contributed by atoms with van der Waals surface area (Å²) >= 11 is 0. The van der Waals surface area contributed by atoms with Gasteiger partial charge in [0.25, 0.3) is 0 Å². The van der Waals surface area contributed by atoms with Gasteiger partial charge in [-0.15, -0.1) is 0 Å². The molecule has 1 aliphatic carbocycles. The van der Waals surface area contributed by atoms with E-state index in [-0.39, 0.29) is 0 Å². The topological polar surface area (TPSA) is 18.5 Å². The number of nitrogens with one attached hydrogen (secondary N) is 1. The summed E-state index contributed by atoms with van der Waals surface area (Å²) < 4.78 is 0. The van der Waals surface area contributed by atoms with Crippen molar-refractivity contribution in [2.75, 3.05) is 40.3 Å². The monoisotopic (exact) mass is 295 g/mol. The molecule has 1 aliphatic heterocycles. The van der Waals surface area contributed by atoms with Crippen LogP contribution in [0.5, 0.6) is 0 Å². The van der Waals surface area contributed by atoms with Gasteiger partial charge in [-0.25, -0.2) is 0 Å². The molecule has 0 amide bonds. The van der Waals surface area contributed by atoms with E-state index in [0.29, 0.717) is 11.5 Å². The van der Waals surface area contributed by atoms with Crippen molar-refractivity contribution in [2.45, 2.75) is 65.0 Å². The van der Waals surface area contributed by atoms with Gasteiger partial charge in [0.05, 0.1) is 0 Å². The van der Waals surface area contributed by atoms with E-state index in [0.717, 1.165) is 18.5 Å². The Morgan fingerprint density at radius 1 is 1.19 bits per heavy atom. The van der Waals surface area contributed by atoms with Crippen LogP contribution in [0.4, 0.5) is 0 Å². The van der Waals surface area contributed by atoms with E-state index in [1.54, 1.807) is 0 Å². The van der Waals surface area contributed by atoms with Gasteiger partial charge in [0, 0.05) is 18.6 Å². The van der Waals surface area contributed by atoms with Crippen LogP contribution in [0, 0.1) is 11.3 Å². The predicted molar refractivity (Wildman–Crippen MR) is 91.7 cm³/mol. The molecule has 1 saturated heterocycles. The summed E-state index contributed by atoms with van der Waals surface area (Å²) in [5.74, 6) is 0.904. The van der Waals surface area contributed by atoms with Crippen molar-refractivity contribution in [1.82, 2.24) is 15.1 Å². The Morgan fingerprint density at radius 2 is 1.86 bits per heavy atom. The lowest BCUT2D eigenvalue weighted by Gasteiger charge is -2.39. The Labute approximate surface area is 132 Å². The maximum atomic E-state index is 3.85. The van der Waals surface area contributed by atoms with Gasteiger partial charge < -0.3 is 15.1 Å². The van der Waals surface area contributed by atoms with E-state index in [1.165, 1.54) is 51.7 Å². The summed E-state index contributed by atoms with van der Waals surface area (Å²) in [5.41, 5.74) is 0.445. The fraction of sp³-hybridized carbons (Fsp3) is 1.00. The average Bonchev–Trinajstić information content (AvgIpc) is 2.74. The third-order valence-corrected chi connectivity index (χ3v) is 5.88. The summed E-state index contributed by atoms with van der Waals surface area (Å²) in [6, 6.07) is 1.39. The van der Waals surface area contributed by atoms with Gasteiger partial charge in [0.15, 0.2) is 0 Å². The van der Waals surface area contributed by atoms with Crippen LogP contribution in [0.1, 0.15) is 52.9 Å². The Morgan fingerprint density at radius 3 is 2.48 bits per heavy atom. The first-order chi connectivity index (χ1) is 9.94. The molecule has 0 aromatic carbocycles. The van der Waals surface area contributed by atoms with Gasteiger partial charge in [0.2, 0.25) is 0 Å². The predicted octanol–water partition coefficient (Wildman–Crippen LogP) is 2.82. The summed E-state index contributed by atoms with van der Waals surface area (Å²) in [6.45, 7) is 12.2. The minimum atomic E-state index is 0.445. The Kier molecular flexibility index (Phi) is 6.10. The van der Waals surface area contributed by atoms with Gasteiger partial charge in [-0.2, -0.15) is 0 Å². The maximum absolute atomic E-state index is 3.85. The highest BCUT2D eigenvalue weighted by Crippen LogP contribution is 2.40. The molecule has 1 saturated carbocycles. The molecule has 0 aromatic rings. The van der Waals surface area contributed by atoms with Crippen LogP contribution in [-0.2, 0) is 0 Å². The highest BCUT2D eigenvalue weighted by Gasteiger charge is 2.43. The Hall–Kier alpha value is -0.120. The molecular formula is C18H37N3. The molecule has 3 nitrogen and oxygen atoms in total. The third-order valence-electron chi connectivity index (χ3n) is 5.88. The van der Waals surface area contributed by atoms with E-state index in [9.17, 15) is 0 Å². The number of likely N-dealkylation sites (tertiary alicyclic amines) is 1. The first-order valence-corrected chi connectivity index (χ1v) is 9.06. The number of rotatable bonds is 6. The van der Waals surface area contributed by atoms with Crippen molar-refractivity contribution in [1.29, 1.82) is 0 Å². The standard InChI is InChI=1S/C18H37N3/c1-6-11-19-17-16(7-10-18(17,2)3)21(5)14-15-8-12-20(4)13-9-15/h15-17,19H,6-14H2,1-5H3. The minimum absolute atomic E-state index is 0.445. The number of piperidine rings is 1. The molecule has 2 aliphatic rings. The normalized spacial score (nSPS) is 31.1. The van der Waals surface area contributed by atoms with Crippen LogP contribution in [0.2, 0.25) is 0 Å². The van der Waals surface area contributed by atoms with Gasteiger partial charge >= 0.3 is 0 Å². The summed E-state index contributed by atoms with van der Waals surface area (Å²) in [5, 5.41) is 3.85. The van der Waals surface area contributed by atoms with Crippen LogP contribution in [0.15, 0.2) is 0 Å². The molecule has 2 unspecified atom stereocenters. The zero-order valence-corrected chi connectivity index (χ0v) is 15.0. The number of hydrogen-bond donors (Lipinski definition) is 1. The molecule has 0 spiro atoms. The smallest absolute Gasteiger partial charge is 0.0274 e. The fourth-order valence-corrected chi connectivity index (χ4v) is 4.34. The zero-order valence-electron chi connectivity index (χ0n) is 15.0. The van der Waals surface area contributed by atoms with E-state index in [1.807, 2.05) is 0 Å². The quantitative estimate of drug-likeness (QED) is 0.813. The van der Waals surface area contributed by atoms with E-state index in [2.05, 4.69) is 50.0 Å². The Bertz CT molecular complexity index is 308. The summed E-state index contributed by atoms with van der Waals surface area (Å²) in [4.78, 5) is 5.15. The van der Waals surface area contributed by atoms with Gasteiger partial charge in [0.1, 0.15) is 0 Å². The molecule has 2 fully saturated rings. The van der Waals surface area contributed by atoms with Crippen molar-refractivity contribution in [2.24, 2.45) is 11.3 Å². The van der Waals surface area contributed by atoms with Crippen molar-refractivity contribution < 1.29 is 0 Å². The fourth-order valence-electron chi connectivity index (χ4n) is 4.34. The van der Waals surface area contributed by atoms with Gasteiger partial charge in [-0.05, 0) is 77.2 Å². The lowest BCUT2D eigenvalue weighted by Crippen LogP contribution is -2.52. The molecule has 0 aromatic heterocycles. The molecule has 2 atom stereocenters. The summed E-state index contributed by atoms with van der Waals surface area (Å²) in [6.07, 6.45) is 6.71. The molecule has 2 rings (SSSR count). The molecule has 1 N–H and O–H groups in total. The van der Waals surface area contributed by atoms with Gasteiger partial charge in [-0.1, -0.05) is 20.8 Å². The second-order valence-electron chi connectivity index (χ2n) is 8.21. The zero-order chi connectivity index (χ0) is 15.5. The van der Waals surface area contributed by atoms with E-state index < -0.39 is 0 Å². The molecule has 0 bridgehead atoms. The third kappa shape index (κ3) is 4.43. The molecule has 3 heteroatoms. The van der Waals surface area contributed by atoms with Crippen molar-refractivity contribution in [3.8, 4) is 0 Å². The second-order valence-corrected chi connectivity index (χ2v) is 8.21. The van der Waals surface area contributed by atoms with Crippen LogP contribution >= 0.6 is 0 Å². The molecule has 124 valence electrons. The van der Waals surface area contributed by atoms with Crippen LogP contribution < -0.4 is 5.32 Å². The van der Waals surface area contributed by atoms with E-state index >= 15 is 0 Å². The van der Waals surface area contributed by atoms with Crippen molar-refractivity contribution in [3.05, 3.63) is 0 Å². The molecule has 0 radical (unpaired) electrons. The summed E-state index contributed by atoms with van der Waals surface area (Å²) in [7, 11) is 4.62. The minimum Gasteiger partial charge on any atom is -0.312 e.